The summed E-state index contributed by atoms with van der Waals surface area (Å²) in [5.41, 5.74) is 1.77. The van der Waals surface area contributed by atoms with Gasteiger partial charge in [-0.2, -0.15) is 0 Å². The van der Waals surface area contributed by atoms with Gasteiger partial charge in [0, 0.05) is 56.7 Å². The molecule has 2 aromatic rings. The van der Waals surface area contributed by atoms with Gasteiger partial charge in [-0.05, 0) is 17.5 Å². The molecule has 0 radical (unpaired) electrons. The zero-order chi connectivity index (χ0) is 17.8. The van der Waals surface area contributed by atoms with E-state index >= 15 is 0 Å². The van der Waals surface area contributed by atoms with Crippen molar-refractivity contribution in [1.82, 2.24) is 14.8 Å². The first-order valence-electron chi connectivity index (χ1n) is 8.30. The maximum Gasteiger partial charge on any atom is 0.221 e. The van der Waals surface area contributed by atoms with Crippen LogP contribution in [0.25, 0.3) is 0 Å². The zero-order valence-corrected chi connectivity index (χ0v) is 15.3. The van der Waals surface area contributed by atoms with Gasteiger partial charge in [-0.1, -0.05) is 6.07 Å². The van der Waals surface area contributed by atoms with Crippen molar-refractivity contribution in [2.45, 2.75) is 19.9 Å². The van der Waals surface area contributed by atoms with Crippen LogP contribution in [0.1, 0.15) is 30.3 Å². The summed E-state index contributed by atoms with van der Waals surface area (Å²) in [6.45, 7) is 6.15. The van der Waals surface area contributed by atoms with E-state index in [9.17, 15) is 9.59 Å². The summed E-state index contributed by atoms with van der Waals surface area (Å²) in [5.74, 6) is 0.00995. The van der Waals surface area contributed by atoms with Crippen molar-refractivity contribution in [2.75, 3.05) is 31.5 Å². The van der Waals surface area contributed by atoms with Crippen LogP contribution in [-0.4, -0.2) is 52.8 Å². The highest BCUT2D eigenvalue weighted by Crippen LogP contribution is 2.36. The molecule has 2 aromatic heterocycles. The number of pyridine rings is 1. The molecule has 3 rings (SSSR count). The monoisotopic (exact) mass is 358 g/mol. The average molecular weight is 358 g/mol. The van der Waals surface area contributed by atoms with Gasteiger partial charge in [0.1, 0.15) is 0 Å². The lowest BCUT2D eigenvalue weighted by Gasteiger charge is -2.39. The molecule has 1 fully saturated rings. The van der Waals surface area contributed by atoms with E-state index in [4.69, 9.17) is 0 Å². The molecule has 1 unspecified atom stereocenters. The van der Waals surface area contributed by atoms with Crippen LogP contribution in [0.2, 0.25) is 0 Å². The van der Waals surface area contributed by atoms with Gasteiger partial charge >= 0.3 is 0 Å². The van der Waals surface area contributed by atoms with Crippen molar-refractivity contribution < 1.29 is 9.59 Å². The summed E-state index contributed by atoms with van der Waals surface area (Å²) in [5, 5.41) is 4.96. The second-order valence-electron chi connectivity index (χ2n) is 6.10. The topological polar surface area (TPSA) is 65.5 Å². The molecule has 7 heteroatoms. The molecule has 1 saturated heterocycles. The number of nitrogens with zero attached hydrogens (tertiary/aromatic N) is 3. The normalized spacial score (nSPS) is 16.5. The van der Waals surface area contributed by atoms with Crippen molar-refractivity contribution in [1.29, 1.82) is 0 Å². The third kappa shape index (κ3) is 4.05. The predicted molar refractivity (Wildman–Crippen MR) is 98.5 cm³/mol. The number of thiophene rings is 1. The summed E-state index contributed by atoms with van der Waals surface area (Å²) in [6.07, 6.45) is 3.45. The van der Waals surface area contributed by atoms with Crippen LogP contribution in [0.15, 0.2) is 36.0 Å². The van der Waals surface area contributed by atoms with Crippen LogP contribution in [0.4, 0.5) is 5.69 Å². The van der Waals surface area contributed by atoms with Gasteiger partial charge in [-0.25, -0.2) is 0 Å². The largest absolute Gasteiger partial charge is 0.340 e. The number of anilines is 1. The number of hydrogen-bond donors (Lipinski definition) is 1. The fourth-order valence-corrected chi connectivity index (χ4v) is 4.09. The SMILES string of the molecule is CC(=O)Nc1cnccc1C(c1cccs1)N1CCN(C(C)=O)CC1. The number of piperazine rings is 1. The first-order chi connectivity index (χ1) is 12.1. The Hall–Kier alpha value is -2.25. The fourth-order valence-electron chi connectivity index (χ4n) is 3.21. The Labute approximate surface area is 151 Å². The van der Waals surface area contributed by atoms with Gasteiger partial charge in [0.05, 0.1) is 17.9 Å². The van der Waals surface area contributed by atoms with E-state index in [0.29, 0.717) is 0 Å². The van der Waals surface area contributed by atoms with Crippen LogP contribution in [0, 0.1) is 0 Å². The highest BCUT2D eigenvalue weighted by atomic mass is 32.1. The Morgan fingerprint density at radius 3 is 2.56 bits per heavy atom. The molecular weight excluding hydrogens is 336 g/mol. The molecule has 1 atom stereocenters. The minimum absolute atomic E-state index is 0.0407. The first-order valence-corrected chi connectivity index (χ1v) is 9.18. The Kier molecular flexibility index (Phi) is 5.45. The number of carbonyl (C=O) groups excluding carboxylic acids is 2. The molecule has 0 spiro atoms. The Balaban J connectivity index is 1.92. The van der Waals surface area contributed by atoms with Crippen molar-refractivity contribution in [3.05, 3.63) is 46.4 Å². The van der Waals surface area contributed by atoms with Gasteiger partial charge < -0.3 is 10.2 Å². The minimum Gasteiger partial charge on any atom is -0.340 e. The number of rotatable bonds is 4. The molecule has 0 saturated carbocycles. The van der Waals surface area contributed by atoms with Crippen LogP contribution in [0.3, 0.4) is 0 Å². The quantitative estimate of drug-likeness (QED) is 0.911. The van der Waals surface area contributed by atoms with Crippen molar-refractivity contribution >= 4 is 28.8 Å². The molecule has 0 aliphatic carbocycles. The summed E-state index contributed by atoms with van der Waals surface area (Å²) < 4.78 is 0. The summed E-state index contributed by atoms with van der Waals surface area (Å²) >= 11 is 1.70. The second kappa shape index (κ2) is 7.76. The van der Waals surface area contributed by atoms with Gasteiger partial charge in [0.2, 0.25) is 11.8 Å². The van der Waals surface area contributed by atoms with Gasteiger partial charge in [-0.3, -0.25) is 19.5 Å². The summed E-state index contributed by atoms with van der Waals surface area (Å²) in [6, 6.07) is 6.16. The predicted octanol–water partition coefficient (Wildman–Crippen LogP) is 2.36. The van der Waals surface area contributed by atoms with Gasteiger partial charge in [0.25, 0.3) is 0 Å². The number of amides is 2. The van der Waals surface area contributed by atoms with E-state index in [1.165, 1.54) is 11.8 Å². The van der Waals surface area contributed by atoms with Crippen LogP contribution < -0.4 is 5.32 Å². The molecule has 0 aromatic carbocycles. The third-order valence-corrected chi connectivity index (χ3v) is 5.32. The number of carbonyl (C=O) groups is 2. The van der Waals surface area contributed by atoms with Gasteiger partial charge in [0.15, 0.2) is 0 Å². The lowest BCUT2D eigenvalue weighted by Crippen LogP contribution is -2.49. The highest BCUT2D eigenvalue weighted by molar-refractivity contribution is 7.10. The molecule has 1 aliphatic rings. The Morgan fingerprint density at radius 2 is 1.96 bits per heavy atom. The van der Waals surface area contributed by atoms with Crippen molar-refractivity contribution in [2.24, 2.45) is 0 Å². The molecular formula is C18H22N4O2S. The average Bonchev–Trinajstić information content (AvgIpc) is 3.11. The van der Waals surface area contributed by atoms with Gasteiger partial charge in [-0.15, -0.1) is 11.3 Å². The second-order valence-corrected chi connectivity index (χ2v) is 7.08. The standard InChI is InChI=1S/C18H22N4O2S/c1-13(23)20-16-12-19-6-5-15(16)18(17-4-3-11-25-17)22-9-7-21(8-10-22)14(2)24/h3-6,11-12,18H,7-10H2,1-2H3,(H,20,23). The first kappa shape index (κ1) is 17.6. The molecule has 132 valence electrons. The third-order valence-electron chi connectivity index (χ3n) is 4.40. The highest BCUT2D eigenvalue weighted by Gasteiger charge is 2.29. The molecule has 0 bridgehead atoms. The molecule has 3 heterocycles. The van der Waals surface area contributed by atoms with Crippen LogP contribution in [0.5, 0.6) is 0 Å². The van der Waals surface area contributed by atoms with Crippen molar-refractivity contribution in [3.63, 3.8) is 0 Å². The molecule has 1 N–H and O–H groups in total. The van der Waals surface area contributed by atoms with E-state index in [0.717, 1.165) is 37.4 Å². The fraction of sp³-hybridized carbons (Fsp3) is 0.389. The number of hydrogen-bond acceptors (Lipinski definition) is 5. The van der Waals surface area contributed by atoms with E-state index in [1.807, 2.05) is 17.0 Å². The Bertz CT molecular complexity index is 739. The smallest absolute Gasteiger partial charge is 0.221 e. The molecule has 2 amide bonds. The van der Waals surface area contributed by atoms with E-state index in [1.54, 1.807) is 30.7 Å². The zero-order valence-electron chi connectivity index (χ0n) is 14.4. The number of aromatic nitrogens is 1. The molecule has 1 aliphatic heterocycles. The molecule has 25 heavy (non-hydrogen) atoms. The van der Waals surface area contributed by atoms with E-state index in [-0.39, 0.29) is 17.9 Å². The summed E-state index contributed by atoms with van der Waals surface area (Å²) in [4.78, 5) is 32.8. The lowest BCUT2D eigenvalue weighted by atomic mass is 10.0. The van der Waals surface area contributed by atoms with E-state index < -0.39 is 0 Å². The maximum absolute atomic E-state index is 11.6. The Morgan fingerprint density at radius 1 is 1.20 bits per heavy atom. The number of nitrogens with one attached hydrogen (secondary N) is 1. The van der Waals surface area contributed by atoms with Crippen LogP contribution in [-0.2, 0) is 9.59 Å². The maximum atomic E-state index is 11.6. The summed E-state index contributed by atoms with van der Waals surface area (Å²) in [7, 11) is 0. The van der Waals surface area contributed by atoms with Crippen LogP contribution >= 0.6 is 11.3 Å². The minimum atomic E-state index is -0.111. The molecule has 6 nitrogen and oxygen atoms in total. The van der Waals surface area contributed by atoms with Crippen molar-refractivity contribution in [3.8, 4) is 0 Å². The van der Waals surface area contributed by atoms with E-state index in [2.05, 4.69) is 26.6 Å². The lowest BCUT2D eigenvalue weighted by molar-refractivity contribution is -0.130.